The molecule has 1 unspecified atom stereocenters. The van der Waals surface area contributed by atoms with Crippen molar-refractivity contribution < 1.29 is 9.47 Å². The van der Waals surface area contributed by atoms with E-state index in [0.29, 0.717) is 19.3 Å². The number of fused-ring (bicyclic) bond motifs is 2. The topological polar surface area (TPSA) is 48.3 Å². The average molecular weight is 329 g/mol. The smallest absolute Gasteiger partial charge is 0.163 e. The molecule has 5 nitrogen and oxygen atoms in total. The predicted octanol–water partition coefficient (Wildman–Crippen LogP) is 3.29. The van der Waals surface area contributed by atoms with E-state index in [1.54, 1.807) is 0 Å². The fourth-order valence-corrected chi connectivity index (χ4v) is 3.83. The normalized spacial score (nSPS) is 20.5. The van der Waals surface area contributed by atoms with Gasteiger partial charge in [0.05, 0.1) is 11.0 Å². The van der Waals surface area contributed by atoms with Gasteiger partial charge >= 0.3 is 0 Å². The first kappa shape index (κ1) is 15.8. The van der Waals surface area contributed by atoms with Crippen molar-refractivity contribution in [2.24, 2.45) is 0 Å². The SMILES string of the molecule is CCCc1nc2cc3c(cc2n1CCC1CCCCN1)OCCO3. The summed E-state index contributed by atoms with van der Waals surface area (Å²) in [4.78, 5) is 4.88. The third kappa shape index (κ3) is 3.09. The van der Waals surface area contributed by atoms with Crippen LogP contribution in [0.2, 0.25) is 0 Å². The van der Waals surface area contributed by atoms with Gasteiger partial charge in [-0.1, -0.05) is 13.3 Å². The lowest BCUT2D eigenvalue weighted by atomic mass is 10.0. The van der Waals surface area contributed by atoms with E-state index in [-0.39, 0.29) is 0 Å². The molecule has 0 radical (unpaired) electrons. The van der Waals surface area contributed by atoms with Crippen LogP contribution in [0.4, 0.5) is 0 Å². The van der Waals surface area contributed by atoms with E-state index >= 15 is 0 Å². The van der Waals surface area contributed by atoms with Crippen LogP contribution in [0.1, 0.15) is 44.9 Å². The average Bonchev–Trinajstić information content (AvgIpc) is 2.95. The molecule has 24 heavy (non-hydrogen) atoms. The molecule has 2 aliphatic rings. The van der Waals surface area contributed by atoms with Crippen LogP contribution in [0.15, 0.2) is 12.1 Å². The minimum atomic E-state index is 0.619. The summed E-state index contributed by atoms with van der Waals surface area (Å²) in [6, 6.07) is 4.80. The van der Waals surface area contributed by atoms with E-state index in [1.807, 2.05) is 6.07 Å². The molecule has 2 aromatic rings. The summed E-state index contributed by atoms with van der Waals surface area (Å²) in [6.45, 7) is 5.64. The molecule has 1 atom stereocenters. The van der Waals surface area contributed by atoms with Crippen LogP contribution in [-0.4, -0.2) is 35.4 Å². The summed E-state index contributed by atoms with van der Waals surface area (Å²) in [7, 11) is 0. The Balaban J connectivity index is 1.64. The molecule has 4 rings (SSSR count). The predicted molar refractivity (Wildman–Crippen MR) is 95.0 cm³/mol. The molecule has 1 saturated heterocycles. The number of imidazole rings is 1. The largest absolute Gasteiger partial charge is 0.486 e. The van der Waals surface area contributed by atoms with Crippen molar-refractivity contribution in [3.8, 4) is 11.5 Å². The lowest BCUT2D eigenvalue weighted by Crippen LogP contribution is -2.34. The van der Waals surface area contributed by atoms with Gasteiger partial charge in [-0.25, -0.2) is 4.98 Å². The fraction of sp³-hybridized carbons (Fsp3) is 0.632. The van der Waals surface area contributed by atoms with Crippen molar-refractivity contribution >= 4 is 11.0 Å². The summed E-state index contributed by atoms with van der Waals surface area (Å²) in [6.07, 6.45) is 7.24. The molecule has 1 aromatic heterocycles. The Hall–Kier alpha value is -1.75. The Morgan fingerprint density at radius 2 is 2.04 bits per heavy atom. The highest BCUT2D eigenvalue weighted by molar-refractivity contribution is 5.80. The Morgan fingerprint density at radius 1 is 1.21 bits per heavy atom. The molecule has 0 amide bonds. The third-order valence-corrected chi connectivity index (χ3v) is 5.08. The first-order valence-electron chi connectivity index (χ1n) is 9.37. The van der Waals surface area contributed by atoms with E-state index < -0.39 is 0 Å². The molecule has 1 fully saturated rings. The third-order valence-electron chi connectivity index (χ3n) is 5.08. The maximum absolute atomic E-state index is 5.77. The van der Waals surface area contributed by atoms with Crippen molar-refractivity contribution in [2.75, 3.05) is 19.8 Å². The highest BCUT2D eigenvalue weighted by atomic mass is 16.6. The van der Waals surface area contributed by atoms with Crippen molar-refractivity contribution in [3.63, 3.8) is 0 Å². The quantitative estimate of drug-likeness (QED) is 0.914. The summed E-state index contributed by atoms with van der Waals surface area (Å²) in [5.41, 5.74) is 2.21. The number of benzene rings is 1. The summed E-state index contributed by atoms with van der Waals surface area (Å²) in [5, 5.41) is 3.65. The Labute approximate surface area is 143 Å². The minimum Gasteiger partial charge on any atom is -0.486 e. The van der Waals surface area contributed by atoms with Crippen LogP contribution >= 0.6 is 0 Å². The molecule has 3 heterocycles. The summed E-state index contributed by atoms with van der Waals surface area (Å²) >= 11 is 0. The summed E-state index contributed by atoms with van der Waals surface area (Å²) < 4.78 is 13.9. The standard InChI is InChI=1S/C19H27N3O2/c1-2-5-19-21-15-12-17-18(24-11-10-23-17)13-16(15)22(19)9-7-14-6-3-4-8-20-14/h12-14,20H,2-11H2,1H3. The molecule has 0 aliphatic carbocycles. The number of aromatic nitrogens is 2. The first-order chi connectivity index (χ1) is 11.8. The van der Waals surface area contributed by atoms with E-state index in [4.69, 9.17) is 14.5 Å². The molecule has 2 aliphatic heterocycles. The number of hydrogen-bond donors (Lipinski definition) is 1. The molecule has 1 aromatic carbocycles. The number of nitrogens with one attached hydrogen (secondary N) is 1. The van der Waals surface area contributed by atoms with Crippen LogP contribution in [0, 0.1) is 0 Å². The van der Waals surface area contributed by atoms with Gasteiger partial charge < -0.3 is 19.4 Å². The molecular formula is C19H27N3O2. The monoisotopic (exact) mass is 329 g/mol. The van der Waals surface area contributed by atoms with Crippen molar-refractivity contribution in [1.29, 1.82) is 0 Å². The molecule has 1 N–H and O–H groups in total. The Kier molecular flexibility index (Phi) is 4.60. The van der Waals surface area contributed by atoms with Gasteiger partial charge in [0.25, 0.3) is 0 Å². The number of nitrogens with zero attached hydrogens (tertiary/aromatic N) is 2. The van der Waals surface area contributed by atoms with Gasteiger partial charge in [0.1, 0.15) is 19.0 Å². The Morgan fingerprint density at radius 3 is 2.79 bits per heavy atom. The number of ether oxygens (including phenoxy) is 2. The second kappa shape index (κ2) is 7.01. The van der Waals surface area contributed by atoms with Crippen molar-refractivity contribution in [2.45, 2.75) is 58.0 Å². The molecule has 0 spiro atoms. The molecule has 0 saturated carbocycles. The zero-order valence-corrected chi connectivity index (χ0v) is 14.5. The maximum Gasteiger partial charge on any atom is 0.163 e. The van der Waals surface area contributed by atoms with E-state index in [0.717, 1.165) is 49.4 Å². The van der Waals surface area contributed by atoms with Gasteiger partial charge in [-0.3, -0.25) is 0 Å². The van der Waals surface area contributed by atoms with E-state index in [1.165, 1.54) is 30.6 Å². The van der Waals surface area contributed by atoms with Crippen molar-refractivity contribution in [3.05, 3.63) is 18.0 Å². The van der Waals surface area contributed by atoms with Gasteiger partial charge in [-0.2, -0.15) is 0 Å². The fourth-order valence-electron chi connectivity index (χ4n) is 3.83. The number of rotatable bonds is 5. The number of aryl methyl sites for hydroxylation is 2. The second-order valence-corrected chi connectivity index (χ2v) is 6.85. The second-order valence-electron chi connectivity index (χ2n) is 6.85. The maximum atomic E-state index is 5.77. The van der Waals surface area contributed by atoms with Gasteiger partial charge in [0.15, 0.2) is 11.5 Å². The van der Waals surface area contributed by atoms with Crippen molar-refractivity contribution in [1.82, 2.24) is 14.9 Å². The van der Waals surface area contributed by atoms with Gasteiger partial charge in [0, 0.05) is 31.1 Å². The van der Waals surface area contributed by atoms with Crippen LogP contribution in [-0.2, 0) is 13.0 Å². The van der Waals surface area contributed by atoms with E-state index in [2.05, 4.69) is 22.9 Å². The lowest BCUT2D eigenvalue weighted by molar-refractivity contribution is 0.172. The molecule has 130 valence electrons. The lowest BCUT2D eigenvalue weighted by Gasteiger charge is -2.24. The number of piperidine rings is 1. The highest BCUT2D eigenvalue weighted by Gasteiger charge is 2.19. The van der Waals surface area contributed by atoms with Gasteiger partial charge in [-0.15, -0.1) is 0 Å². The van der Waals surface area contributed by atoms with Crippen LogP contribution in [0.3, 0.4) is 0 Å². The van der Waals surface area contributed by atoms with Gasteiger partial charge in [-0.05, 0) is 32.2 Å². The Bertz CT molecular complexity index is 704. The van der Waals surface area contributed by atoms with Gasteiger partial charge in [0.2, 0.25) is 0 Å². The molecule has 0 bridgehead atoms. The zero-order chi connectivity index (χ0) is 16.4. The van der Waals surface area contributed by atoms with Crippen LogP contribution in [0.5, 0.6) is 11.5 Å². The zero-order valence-electron chi connectivity index (χ0n) is 14.5. The van der Waals surface area contributed by atoms with Crippen LogP contribution in [0.25, 0.3) is 11.0 Å². The molecular weight excluding hydrogens is 302 g/mol. The first-order valence-corrected chi connectivity index (χ1v) is 9.37. The highest BCUT2D eigenvalue weighted by Crippen LogP contribution is 2.35. The van der Waals surface area contributed by atoms with Crippen LogP contribution < -0.4 is 14.8 Å². The molecule has 5 heteroatoms. The summed E-state index contributed by atoms with van der Waals surface area (Å²) in [5.74, 6) is 2.87. The van der Waals surface area contributed by atoms with E-state index in [9.17, 15) is 0 Å². The minimum absolute atomic E-state index is 0.619. The number of hydrogen-bond acceptors (Lipinski definition) is 4.